The smallest absolute Gasteiger partial charge is 0.0547 e. The van der Waals surface area contributed by atoms with Crippen molar-refractivity contribution < 1.29 is 0 Å². The van der Waals surface area contributed by atoms with Gasteiger partial charge in [-0.1, -0.05) is 146 Å². The van der Waals surface area contributed by atoms with Crippen LogP contribution in [0.3, 0.4) is 0 Å². The molecule has 50 heavy (non-hydrogen) atoms. The molecular weight excluding hydrogens is 605 g/mol. The molecule has 2 heteroatoms. The summed E-state index contributed by atoms with van der Waals surface area (Å²) in [6.45, 7) is 0. The van der Waals surface area contributed by atoms with E-state index in [-0.39, 0.29) is 0 Å². The highest BCUT2D eigenvalue weighted by Crippen LogP contribution is 2.37. The van der Waals surface area contributed by atoms with Crippen molar-refractivity contribution in [2.45, 2.75) is 0 Å². The summed E-state index contributed by atoms with van der Waals surface area (Å²) in [5.41, 5.74) is 14.4. The quantitative estimate of drug-likeness (QED) is 0.178. The molecule has 2 nitrogen and oxygen atoms in total. The summed E-state index contributed by atoms with van der Waals surface area (Å²) in [4.78, 5) is 0. The average molecular weight is 637 g/mol. The first-order chi connectivity index (χ1) is 24.8. The van der Waals surface area contributed by atoms with E-state index < -0.39 is 0 Å². The van der Waals surface area contributed by atoms with Crippen LogP contribution < -0.4 is 0 Å². The minimum Gasteiger partial charge on any atom is -0.309 e. The first-order valence-corrected chi connectivity index (χ1v) is 17.2. The summed E-state index contributed by atoms with van der Waals surface area (Å²) in [6, 6.07) is 70.4. The molecule has 0 spiro atoms. The van der Waals surface area contributed by atoms with Gasteiger partial charge in [0.15, 0.2) is 0 Å². The Balaban J connectivity index is 1.04. The van der Waals surface area contributed by atoms with Crippen LogP contribution in [-0.4, -0.2) is 9.13 Å². The molecule has 234 valence electrons. The number of benzene rings is 8. The van der Waals surface area contributed by atoms with Gasteiger partial charge >= 0.3 is 0 Å². The summed E-state index contributed by atoms with van der Waals surface area (Å²) in [5.74, 6) is 0. The van der Waals surface area contributed by atoms with Crippen LogP contribution >= 0.6 is 0 Å². The van der Waals surface area contributed by atoms with Crippen LogP contribution in [0.4, 0.5) is 0 Å². The molecule has 0 saturated heterocycles. The molecule has 8 aromatic carbocycles. The van der Waals surface area contributed by atoms with Gasteiger partial charge in [-0.15, -0.1) is 0 Å². The van der Waals surface area contributed by atoms with Gasteiger partial charge in [0.2, 0.25) is 0 Å². The summed E-state index contributed by atoms with van der Waals surface area (Å²) >= 11 is 0. The van der Waals surface area contributed by atoms with Crippen LogP contribution in [0.5, 0.6) is 0 Å². The van der Waals surface area contributed by atoms with Gasteiger partial charge in [0, 0.05) is 32.9 Å². The number of rotatable bonds is 5. The van der Waals surface area contributed by atoms with Crippen LogP contribution in [0.1, 0.15) is 0 Å². The zero-order valence-corrected chi connectivity index (χ0v) is 27.4. The average Bonchev–Trinajstić information content (AvgIpc) is 3.71. The molecule has 0 aliphatic heterocycles. The maximum atomic E-state index is 2.40. The minimum absolute atomic E-state index is 1.15. The zero-order chi connectivity index (χ0) is 33.0. The van der Waals surface area contributed by atoms with Gasteiger partial charge in [-0.2, -0.15) is 0 Å². The van der Waals surface area contributed by atoms with Gasteiger partial charge in [-0.25, -0.2) is 0 Å². The van der Waals surface area contributed by atoms with E-state index in [0.717, 1.165) is 11.4 Å². The summed E-state index contributed by atoms with van der Waals surface area (Å²) in [7, 11) is 0. The molecule has 0 radical (unpaired) electrons. The third-order valence-corrected chi connectivity index (χ3v) is 10.1. The standard InChI is InChI=1S/C48H32N2/c1-3-11-33(12-4-1)37-23-29-43-41-15-7-9-17-45(41)49(47(43)31-37)39-25-19-35(20-26-39)36-21-27-40(28-22-36)50-46-18-10-8-16-42(46)44-30-24-38(32-48(44)50)34-13-5-2-6-14-34/h1-32H. The highest BCUT2D eigenvalue weighted by Gasteiger charge is 2.15. The van der Waals surface area contributed by atoms with E-state index in [0.29, 0.717) is 0 Å². The molecule has 0 atom stereocenters. The number of fused-ring (bicyclic) bond motifs is 6. The second-order valence-corrected chi connectivity index (χ2v) is 13.0. The number of para-hydroxylation sites is 2. The topological polar surface area (TPSA) is 9.86 Å². The normalized spacial score (nSPS) is 11.6. The third-order valence-electron chi connectivity index (χ3n) is 10.1. The summed E-state index contributed by atoms with van der Waals surface area (Å²) in [6.07, 6.45) is 0. The maximum absolute atomic E-state index is 2.40. The second kappa shape index (κ2) is 11.5. The zero-order valence-electron chi connectivity index (χ0n) is 27.4. The van der Waals surface area contributed by atoms with Crippen molar-refractivity contribution in [2.24, 2.45) is 0 Å². The minimum atomic E-state index is 1.15. The lowest BCUT2D eigenvalue weighted by Gasteiger charge is -2.12. The maximum Gasteiger partial charge on any atom is 0.0547 e. The lowest BCUT2D eigenvalue weighted by molar-refractivity contribution is 1.18. The monoisotopic (exact) mass is 636 g/mol. The van der Waals surface area contributed by atoms with Crippen molar-refractivity contribution in [3.05, 3.63) is 194 Å². The molecule has 0 aliphatic carbocycles. The van der Waals surface area contributed by atoms with Gasteiger partial charge in [0.25, 0.3) is 0 Å². The number of hydrogen-bond acceptors (Lipinski definition) is 0. The molecule has 0 fully saturated rings. The van der Waals surface area contributed by atoms with E-state index in [1.165, 1.54) is 77.0 Å². The van der Waals surface area contributed by atoms with Gasteiger partial charge in [0.05, 0.1) is 22.1 Å². The number of nitrogens with zero attached hydrogens (tertiary/aromatic N) is 2. The first-order valence-electron chi connectivity index (χ1n) is 17.2. The molecule has 0 aliphatic rings. The number of hydrogen-bond donors (Lipinski definition) is 0. The van der Waals surface area contributed by atoms with E-state index in [4.69, 9.17) is 0 Å². The Labute approximate surface area is 290 Å². The lowest BCUT2D eigenvalue weighted by atomic mass is 10.0. The van der Waals surface area contributed by atoms with Crippen LogP contribution in [-0.2, 0) is 0 Å². The molecule has 10 rings (SSSR count). The van der Waals surface area contributed by atoms with E-state index >= 15 is 0 Å². The van der Waals surface area contributed by atoms with Crippen LogP contribution in [0.15, 0.2) is 194 Å². The molecule has 0 amide bonds. The molecule has 0 N–H and O–H groups in total. The molecule has 2 heterocycles. The Kier molecular flexibility index (Phi) is 6.53. The largest absolute Gasteiger partial charge is 0.309 e. The Morgan fingerprint density at radius 2 is 0.540 bits per heavy atom. The van der Waals surface area contributed by atoms with Crippen LogP contribution in [0.2, 0.25) is 0 Å². The van der Waals surface area contributed by atoms with Crippen molar-refractivity contribution in [2.75, 3.05) is 0 Å². The summed E-state index contributed by atoms with van der Waals surface area (Å²) in [5, 5.41) is 5.06. The van der Waals surface area contributed by atoms with E-state index in [1.807, 2.05) is 0 Å². The Hall–Kier alpha value is -6.64. The van der Waals surface area contributed by atoms with Crippen molar-refractivity contribution >= 4 is 43.6 Å². The van der Waals surface area contributed by atoms with Crippen molar-refractivity contribution in [3.8, 4) is 44.8 Å². The second-order valence-electron chi connectivity index (χ2n) is 13.0. The summed E-state index contributed by atoms with van der Waals surface area (Å²) < 4.78 is 4.80. The predicted molar refractivity (Wildman–Crippen MR) is 211 cm³/mol. The highest BCUT2D eigenvalue weighted by atomic mass is 15.0. The fraction of sp³-hybridized carbons (Fsp3) is 0. The van der Waals surface area contributed by atoms with Gasteiger partial charge < -0.3 is 9.13 Å². The third kappa shape index (κ3) is 4.57. The Morgan fingerprint density at radius 3 is 0.960 bits per heavy atom. The molecule has 0 saturated carbocycles. The molecule has 0 bridgehead atoms. The lowest BCUT2D eigenvalue weighted by Crippen LogP contribution is -1.95. The fourth-order valence-electron chi connectivity index (χ4n) is 7.72. The predicted octanol–water partition coefficient (Wildman–Crippen LogP) is 12.9. The van der Waals surface area contributed by atoms with E-state index in [2.05, 4.69) is 203 Å². The van der Waals surface area contributed by atoms with Crippen LogP contribution in [0, 0.1) is 0 Å². The molecule has 0 unspecified atom stereocenters. The van der Waals surface area contributed by atoms with E-state index in [9.17, 15) is 0 Å². The Morgan fingerprint density at radius 1 is 0.220 bits per heavy atom. The van der Waals surface area contributed by atoms with Gasteiger partial charge in [-0.05, 0) is 81.9 Å². The van der Waals surface area contributed by atoms with Crippen LogP contribution in [0.25, 0.3) is 88.4 Å². The molecular formula is C48H32N2. The fourth-order valence-corrected chi connectivity index (χ4v) is 7.72. The van der Waals surface area contributed by atoms with Gasteiger partial charge in [0.1, 0.15) is 0 Å². The van der Waals surface area contributed by atoms with Gasteiger partial charge in [-0.3, -0.25) is 0 Å². The molecule has 10 aromatic rings. The van der Waals surface area contributed by atoms with Crippen molar-refractivity contribution in [3.63, 3.8) is 0 Å². The number of aromatic nitrogens is 2. The SMILES string of the molecule is c1ccc(-c2ccc3c4ccccc4n(-c4ccc(-c5ccc(-n6c7ccccc7c7ccc(-c8ccccc8)cc76)cc5)cc4)c3c2)cc1. The molecule has 2 aromatic heterocycles. The van der Waals surface area contributed by atoms with Crippen molar-refractivity contribution in [1.29, 1.82) is 0 Å². The van der Waals surface area contributed by atoms with E-state index in [1.54, 1.807) is 0 Å². The Bertz CT molecular complexity index is 2620. The van der Waals surface area contributed by atoms with Crippen molar-refractivity contribution in [1.82, 2.24) is 9.13 Å². The highest BCUT2D eigenvalue weighted by molar-refractivity contribution is 6.11. The first kappa shape index (κ1) is 28.4.